The van der Waals surface area contributed by atoms with Gasteiger partial charge in [-0.3, -0.25) is 4.79 Å². The summed E-state index contributed by atoms with van der Waals surface area (Å²) in [6.07, 6.45) is 3.73. The summed E-state index contributed by atoms with van der Waals surface area (Å²) in [5.74, 6) is 0.607. The molecule has 4 aromatic rings. The lowest BCUT2D eigenvalue weighted by Crippen LogP contribution is -2.27. The van der Waals surface area contributed by atoms with Gasteiger partial charge in [0.05, 0.1) is 29.2 Å². The van der Waals surface area contributed by atoms with Crippen LogP contribution in [0.3, 0.4) is 0 Å². The molecule has 0 radical (unpaired) electrons. The Hall–Kier alpha value is -3.13. The Kier molecular flexibility index (Phi) is 3.94. The molecule has 0 amide bonds. The molecule has 142 valence electrons. The Morgan fingerprint density at radius 1 is 1.21 bits per heavy atom. The first-order valence-electron chi connectivity index (χ1n) is 9.24. The third kappa shape index (κ3) is 2.77. The normalized spacial score (nSPS) is 17.0. The summed E-state index contributed by atoms with van der Waals surface area (Å²) in [7, 11) is 0. The molecule has 1 atom stereocenters. The van der Waals surface area contributed by atoms with Crippen LogP contribution >= 0.6 is 0 Å². The van der Waals surface area contributed by atoms with Crippen LogP contribution in [-0.4, -0.2) is 36.9 Å². The van der Waals surface area contributed by atoms with E-state index in [0.717, 1.165) is 19.4 Å². The molecular formula is C20H18FN5O2. The Morgan fingerprint density at radius 3 is 2.79 bits per heavy atom. The Labute approximate surface area is 159 Å². The maximum Gasteiger partial charge on any atom is 0.262 e. The van der Waals surface area contributed by atoms with E-state index in [1.54, 1.807) is 34.3 Å². The molecule has 28 heavy (non-hydrogen) atoms. The molecule has 0 unspecified atom stereocenters. The van der Waals surface area contributed by atoms with Gasteiger partial charge in [0.1, 0.15) is 11.6 Å². The van der Waals surface area contributed by atoms with Gasteiger partial charge in [0.2, 0.25) is 0 Å². The second-order valence-electron chi connectivity index (χ2n) is 7.01. The number of halogens is 1. The maximum atomic E-state index is 13.5. The van der Waals surface area contributed by atoms with Gasteiger partial charge in [-0.2, -0.15) is 9.50 Å². The molecule has 4 heterocycles. The van der Waals surface area contributed by atoms with Crippen LogP contribution in [0.4, 0.5) is 4.39 Å². The molecule has 5 rings (SSSR count). The molecule has 1 aliphatic heterocycles. The van der Waals surface area contributed by atoms with Gasteiger partial charge in [0, 0.05) is 18.4 Å². The van der Waals surface area contributed by atoms with Crippen LogP contribution in [0.5, 0.6) is 0 Å². The minimum absolute atomic E-state index is 0.0368. The number of pyridine rings is 1. The Bertz CT molecular complexity index is 1240. The first kappa shape index (κ1) is 17.0. The molecule has 3 aromatic heterocycles. The third-order valence-electron chi connectivity index (χ3n) is 5.05. The Morgan fingerprint density at radius 2 is 2.04 bits per heavy atom. The summed E-state index contributed by atoms with van der Waals surface area (Å²) < 4.78 is 22.4. The number of fused-ring (bicyclic) bond motifs is 2. The van der Waals surface area contributed by atoms with Gasteiger partial charge in [-0.05, 0) is 50.1 Å². The van der Waals surface area contributed by atoms with Crippen molar-refractivity contribution in [3.8, 4) is 11.3 Å². The van der Waals surface area contributed by atoms with E-state index in [9.17, 15) is 9.18 Å². The van der Waals surface area contributed by atoms with Crippen LogP contribution in [0.1, 0.15) is 18.7 Å². The van der Waals surface area contributed by atoms with Crippen LogP contribution < -0.4 is 5.56 Å². The highest BCUT2D eigenvalue weighted by Gasteiger charge is 2.21. The molecule has 8 heteroatoms. The average Bonchev–Trinajstić information content (AvgIpc) is 3.32. The fraction of sp³-hybridized carbons (Fsp3) is 0.300. The number of aromatic nitrogens is 5. The highest BCUT2D eigenvalue weighted by Crippen LogP contribution is 2.26. The summed E-state index contributed by atoms with van der Waals surface area (Å²) in [5.41, 5.74) is 1.60. The molecule has 0 bridgehead atoms. The van der Waals surface area contributed by atoms with E-state index in [-0.39, 0.29) is 17.5 Å². The minimum Gasteiger partial charge on any atom is -0.376 e. The maximum absolute atomic E-state index is 13.5. The van der Waals surface area contributed by atoms with Crippen molar-refractivity contribution in [3.05, 3.63) is 58.5 Å². The van der Waals surface area contributed by atoms with Crippen molar-refractivity contribution in [3.63, 3.8) is 0 Å². The van der Waals surface area contributed by atoms with Crippen molar-refractivity contribution < 1.29 is 9.13 Å². The second kappa shape index (κ2) is 6.49. The SMILES string of the molecule is Cc1nc2nc3ccn(C[C@@H]4CCCO4)c(=O)c3c(-c3ccc(F)cc3)n2n1. The Balaban J connectivity index is 1.80. The van der Waals surface area contributed by atoms with E-state index in [2.05, 4.69) is 15.1 Å². The first-order valence-corrected chi connectivity index (χ1v) is 9.24. The van der Waals surface area contributed by atoms with Crippen LogP contribution in [0.2, 0.25) is 0 Å². The summed E-state index contributed by atoms with van der Waals surface area (Å²) in [4.78, 5) is 22.2. The summed E-state index contributed by atoms with van der Waals surface area (Å²) in [6.45, 7) is 2.99. The molecule has 0 aliphatic carbocycles. The van der Waals surface area contributed by atoms with E-state index < -0.39 is 0 Å². The number of hydrogen-bond acceptors (Lipinski definition) is 5. The summed E-state index contributed by atoms with van der Waals surface area (Å²) >= 11 is 0. The quantitative estimate of drug-likeness (QED) is 0.547. The van der Waals surface area contributed by atoms with Crippen molar-refractivity contribution in [2.24, 2.45) is 0 Å². The van der Waals surface area contributed by atoms with Crippen LogP contribution in [-0.2, 0) is 11.3 Å². The van der Waals surface area contributed by atoms with Gasteiger partial charge in [-0.25, -0.2) is 9.37 Å². The number of hydrogen-bond donors (Lipinski definition) is 0. The summed E-state index contributed by atoms with van der Waals surface area (Å²) in [5, 5.41) is 4.85. The van der Waals surface area contributed by atoms with Crippen molar-refractivity contribution in [1.82, 2.24) is 24.1 Å². The minimum atomic E-state index is -0.344. The fourth-order valence-electron chi connectivity index (χ4n) is 3.75. The third-order valence-corrected chi connectivity index (χ3v) is 5.05. The van der Waals surface area contributed by atoms with Crippen molar-refractivity contribution in [1.29, 1.82) is 0 Å². The lowest BCUT2D eigenvalue weighted by Gasteiger charge is -2.14. The molecule has 0 N–H and O–H groups in total. The number of benzene rings is 1. The van der Waals surface area contributed by atoms with E-state index in [0.29, 0.717) is 40.3 Å². The van der Waals surface area contributed by atoms with Gasteiger partial charge in [-0.15, -0.1) is 5.10 Å². The molecule has 1 aliphatic rings. The fourth-order valence-corrected chi connectivity index (χ4v) is 3.75. The largest absolute Gasteiger partial charge is 0.376 e. The summed E-state index contributed by atoms with van der Waals surface area (Å²) in [6, 6.07) is 7.81. The lowest BCUT2D eigenvalue weighted by molar-refractivity contribution is 0.0963. The molecule has 1 fully saturated rings. The first-order chi connectivity index (χ1) is 13.6. The zero-order valence-electron chi connectivity index (χ0n) is 15.3. The lowest BCUT2D eigenvalue weighted by atomic mass is 10.1. The molecular weight excluding hydrogens is 361 g/mol. The number of nitrogens with zero attached hydrogens (tertiary/aromatic N) is 5. The standard InChI is InChI=1S/C20H18FN5O2/c1-12-22-20-23-16-8-9-25(11-15-3-2-10-28-15)19(27)17(16)18(26(20)24-12)13-4-6-14(21)7-5-13/h4-9,15H,2-3,10-11H2,1H3/t15-/m0/s1. The molecule has 7 nitrogen and oxygen atoms in total. The van der Waals surface area contributed by atoms with Gasteiger partial charge in [0.15, 0.2) is 0 Å². The van der Waals surface area contributed by atoms with Crippen molar-refractivity contribution >= 4 is 16.7 Å². The molecule has 1 aromatic carbocycles. The molecule has 0 spiro atoms. The molecule has 0 saturated carbocycles. The topological polar surface area (TPSA) is 74.3 Å². The molecule has 1 saturated heterocycles. The number of rotatable bonds is 3. The van der Waals surface area contributed by atoms with E-state index >= 15 is 0 Å². The zero-order valence-corrected chi connectivity index (χ0v) is 15.3. The highest BCUT2D eigenvalue weighted by molar-refractivity contribution is 5.93. The number of ether oxygens (including phenoxy) is 1. The predicted octanol–water partition coefficient (Wildman–Crippen LogP) is 2.73. The van der Waals surface area contributed by atoms with Crippen LogP contribution in [0.25, 0.3) is 27.9 Å². The monoisotopic (exact) mass is 379 g/mol. The predicted molar refractivity (Wildman–Crippen MR) is 102 cm³/mol. The van der Waals surface area contributed by atoms with E-state index in [1.807, 2.05) is 6.07 Å². The number of aryl methyl sites for hydroxylation is 1. The second-order valence-corrected chi connectivity index (χ2v) is 7.01. The van der Waals surface area contributed by atoms with Gasteiger partial charge >= 0.3 is 0 Å². The average molecular weight is 379 g/mol. The van der Waals surface area contributed by atoms with Crippen LogP contribution in [0, 0.1) is 12.7 Å². The van der Waals surface area contributed by atoms with Crippen molar-refractivity contribution in [2.75, 3.05) is 6.61 Å². The smallest absolute Gasteiger partial charge is 0.262 e. The zero-order chi connectivity index (χ0) is 19.3. The van der Waals surface area contributed by atoms with E-state index in [1.165, 1.54) is 12.1 Å². The van der Waals surface area contributed by atoms with E-state index in [4.69, 9.17) is 4.74 Å². The van der Waals surface area contributed by atoms with Crippen LogP contribution in [0.15, 0.2) is 41.3 Å². The van der Waals surface area contributed by atoms with Crippen molar-refractivity contribution in [2.45, 2.75) is 32.4 Å². The van der Waals surface area contributed by atoms with Gasteiger partial charge in [-0.1, -0.05) is 0 Å². The van der Waals surface area contributed by atoms with Gasteiger partial charge < -0.3 is 9.30 Å². The highest BCUT2D eigenvalue weighted by atomic mass is 19.1. The van der Waals surface area contributed by atoms with Gasteiger partial charge in [0.25, 0.3) is 11.3 Å².